The molecule has 4 nitrogen and oxygen atoms in total. The van der Waals surface area contributed by atoms with Gasteiger partial charge in [0.1, 0.15) is 23.8 Å². The molecule has 2 rings (SSSR count). The molecule has 4 heteroatoms. The van der Waals surface area contributed by atoms with Crippen molar-refractivity contribution < 1.29 is 9.53 Å². The minimum Gasteiger partial charge on any atom is -0.439 e. The molecule has 0 aliphatic heterocycles. The van der Waals surface area contributed by atoms with Gasteiger partial charge in [-0.25, -0.2) is 4.98 Å². The zero-order chi connectivity index (χ0) is 13.0. The van der Waals surface area contributed by atoms with E-state index in [2.05, 4.69) is 4.98 Å². The first-order valence-corrected chi connectivity index (χ1v) is 5.34. The lowest BCUT2D eigenvalue weighted by Gasteiger charge is -2.08. The molecular weight excluding hydrogens is 228 g/mol. The van der Waals surface area contributed by atoms with Gasteiger partial charge in [-0.3, -0.25) is 4.79 Å². The Morgan fingerprint density at radius 1 is 1.28 bits per heavy atom. The normalized spacial score (nSPS) is 9.56. The van der Waals surface area contributed by atoms with Crippen molar-refractivity contribution in [3.63, 3.8) is 0 Å². The summed E-state index contributed by atoms with van der Waals surface area (Å²) in [5.41, 5.74) is 1.61. The molecule has 0 amide bonds. The highest BCUT2D eigenvalue weighted by Gasteiger charge is 2.06. The van der Waals surface area contributed by atoms with Crippen molar-refractivity contribution in [1.82, 2.24) is 4.98 Å². The van der Waals surface area contributed by atoms with Gasteiger partial charge in [0.2, 0.25) is 5.88 Å². The average Bonchev–Trinajstić information content (AvgIpc) is 2.41. The van der Waals surface area contributed by atoms with Crippen molar-refractivity contribution in [2.75, 3.05) is 0 Å². The molecule has 0 spiro atoms. The molecule has 0 unspecified atom stereocenters. The van der Waals surface area contributed by atoms with Crippen LogP contribution in [0, 0.1) is 18.3 Å². The molecule has 0 saturated carbocycles. The van der Waals surface area contributed by atoms with Crippen molar-refractivity contribution in [2.24, 2.45) is 0 Å². The maximum atomic E-state index is 10.8. The van der Waals surface area contributed by atoms with Crippen molar-refractivity contribution in [3.05, 3.63) is 53.2 Å². The highest BCUT2D eigenvalue weighted by atomic mass is 16.5. The van der Waals surface area contributed by atoms with Crippen LogP contribution in [0.5, 0.6) is 11.6 Å². The molecular formula is C14H10N2O2. The van der Waals surface area contributed by atoms with E-state index in [1.165, 1.54) is 0 Å². The Balaban J connectivity index is 2.34. The van der Waals surface area contributed by atoms with Gasteiger partial charge in [-0.1, -0.05) is 18.2 Å². The Morgan fingerprint density at radius 2 is 2.06 bits per heavy atom. The third-order valence-electron chi connectivity index (χ3n) is 2.51. The molecule has 0 aliphatic rings. The zero-order valence-electron chi connectivity index (χ0n) is 9.75. The smallest absolute Gasteiger partial charge is 0.220 e. The highest BCUT2D eigenvalue weighted by Crippen LogP contribution is 2.25. The van der Waals surface area contributed by atoms with Gasteiger partial charge in [0.25, 0.3) is 0 Å². The van der Waals surface area contributed by atoms with Crippen LogP contribution in [0.4, 0.5) is 0 Å². The SMILES string of the molecule is Cc1c(C=O)cccc1Oc1cccc(C#N)n1. The van der Waals surface area contributed by atoms with Crippen LogP contribution in [0.2, 0.25) is 0 Å². The van der Waals surface area contributed by atoms with Gasteiger partial charge in [0.15, 0.2) is 0 Å². The van der Waals surface area contributed by atoms with Crippen LogP contribution in [0.1, 0.15) is 21.6 Å². The molecule has 0 aliphatic carbocycles. The average molecular weight is 238 g/mol. The number of nitriles is 1. The molecule has 1 aromatic carbocycles. The summed E-state index contributed by atoms with van der Waals surface area (Å²) in [4.78, 5) is 14.8. The van der Waals surface area contributed by atoms with Gasteiger partial charge in [0.05, 0.1) is 0 Å². The van der Waals surface area contributed by atoms with Gasteiger partial charge in [-0.15, -0.1) is 0 Å². The van der Waals surface area contributed by atoms with Gasteiger partial charge in [-0.2, -0.15) is 5.26 Å². The number of benzene rings is 1. The molecule has 18 heavy (non-hydrogen) atoms. The lowest BCUT2D eigenvalue weighted by Crippen LogP contribution is -1.94. The van der Waals surface area contributed by atoms with E-state index in [-0.39, 0.29) is 5.69 Å². The Labute approximate surface area is 104 Å². The van der Waals surface area contributed by atoms with Crippen LogP contribution in [0.3, 0.4) is 0 Å². The van der Waals surface area contributed by atoms with Crippen LogP contribution in [0.15, 0.2) is 36.4 Å². The second-order valence-electron chi connectivity index (χ2n) is 3.66. The number of carbonyl (C=O) groups excluding carboxylic acids is 1. The topological polar surface area (TPSA) is 63.0 Å². The summed E-state index contributed by atoms with van der Waals surface area (Å²) in [6, 6.07) is 12.1. The second kappa shape index (κ2) is 5.11. The third-order valence-corrected chi connectivity index (χ3v) is 2.51. The number of hydrogen-bond acceptors (Lipinski definition) is 4. The third kappa shape index (κ3) is 2.36. The quantitative estimate of drug-likeness (QED) is 0.771. The summed E-state index contributed by atoms with van der Waals surface area (Å²) < 4.78 is 5.57. The summed E-state index contributed by atoms with van der Waals surface area (Å²) >= 11 is 0. The number of nitrogens with zero attached hydrogens (tertiary/aromatic N) is 2. The van der Waals surface area contributed by atoms with Crippen LogP contribution < -0.4 is 4.74 Å². The number of carbonyl (C=O) groups is 1. The number of rotatable bonds is 3. The summed E-state index contributed by atoms with van der Waals surface area (Å²) in [6.07, 6.45) is 0.779. The monoisotopic (exact) mass is 238 g/mol. The predicted octanol–water partition coefficient (Wildman–Crippen LogP) is 2.87. The van der Waals surface area contributed by atoms with E-state index < -0.39 is 0 Å². The van der Waals surface area contributed by atoms with E-state index in [1.54, 1.807) is 43.3 Å². The Kier molecular flexibility index (Phi) is 3.35. The van der Waals surface area contributed by atoms with Gasteiger partial charge in [0, 0.05) is 17.2 Å². The maximum absolute atomic E-state index is 10.8. The van der Waals surface area contributed by atoms with Gasteiger partial charge < -0.3 is 4.74 Å². The molecule has 0 atom stereocenters. The van der Waals surface area contributed by atoms with E-state index in [1.807, 2.05) is 6.07 Å². The molecule has 0 bridgehead atoms. The molecule has 1 aromatic heterocycles. The molecule has 2 aromatic rings. The number of aldehydes is 1. The van der Waals surface area contributed by atoms with Gasteiger partial charge >= 0.3 is 0 Å². The van der Waals surface area contributed by atoms with Crippen molar-refractivity contribution in [2.45, 2.75) is 6.92 Å². The maximum Gasteiger partial charge on any atom is 0.220 e. The molecule has 0 N–H and O–H groups in total. The van der Waals surface area contributed by atoms with E-state index >= 15 is 0 Å². The Hall–Kier alpha value is -2.67. The minimum absolute atomic E-state index is 0.289. The van der Waals surface area contributed by atoms with Crippen molar-refractivity contribution in [3.8, 4) is 17.7 Å². The fourth-order valence-electron chi connectivity index (χ4n) is 1.52. The molecule has 0 fully saturated rings. The summed E-state index contributed by atoms with van der Waals surface area (Å²) in [5.74, 6) is 0.891. The van der Waals surface area contributed by atoms with Gasteiger partial charge in [-0.05, 0) is 19.1 Å². The number of ether oxygens (including phenoxy) is 1. The first kappa shape index (κ1) is 11.8. The van der Waals surface area contributed by atoms with E-state index in [0.717, 1.165) is 11.8 Å². The van der Waals surface area contributed by atoms with Crippen LogP contribution in [0.25, 0.3) is 0 Å². The molecule has 1 heterocycles. The number of aromatic nitrogens is 1. The van der Waals surface area contributed by atoms with Crippen LogP contribution >= 0.6 is 0 Å². The molecule has 0 saturated heterocycles. The second-order valence-corrected chi connectivity index (χ2v) is 3.66. The fourth-order valence-corrected chi connectivity index (χ4v) is 1.52. The summed E-state index contributed by atoms with van der Waals surface area (Å²) in [7, 11) is 0. The van der Waals surface area contributed by atoms with E-state index in [4.69, 9.17) is 10.00 Å². The Bertz CT molecular complexity index is 630. The lowest BCUT2D eigenvalue weighted by molar-refractivity contribution is 0.112. The van der Waals surface area contributed by atoms with Crippen molar-refractivity contribution in [1.29, 1.82) is 5.26 Å². The number of pyridine rings is 1. The summed E-state index contributed by atoms with van der Waals surface area (Å²) in [6.45, 7) is 1.80. The summed E-state index contributed by atoms with van der Waals surface area (Å²) in [5, 5.41) is 8.75. The van der Waals surface area contributed by atoms with Crippen LogP contribution in [-0.4, -0.2) is 11.3 Å². The standard InChI is InChI=1S/C14H10N2O2/c1-10-11(9-17)4-2-6-13(10)18-14-7-3-5-12(8-15)16-14/h2-7,9H,1H3. The van der Waals surface area contributed by atoms with Crippen molar-refractivity contribution >= 4 is 6.29 Å². The largest absolute Gasteiger partial charge is 0.439 e. The first-order chi connectivity index (χ1) is 8.74. The van der Waals surface area contributed by atoms with E-state index in [9.17, 15) is 4.79 Å². The highest BCUT2D eigenvalue weighted by molar-refractivity contribution is 5.78. The lowest BCUT2D eigenvalue weighted by atomic mass is 10.1. The zero-order valence-corrected chi connectivity index (χ0v) is 9.75. The molecule has 88 valence electrons. The molecule has 0 radical (unpaired) electrons. The predicted molar refractivity (Wildman–Crippen MR) is 65.6 cm³/mol. The minimum atomic E-state index is 0.289. The fraction of sp³-hybridized carbons (Fsp3) is 0.0714. The number of hydrogen-bond donors (Lipinski definition) is 0. The Morgan fingerprint density at radius 3 is 2.78 bits per heavy atom. The van der Waals surface area contributed by atoms with Crippen LogP contribution in [-0.2, 0) is 0 Å². The first-order valence-electron chi connectivity index (χ1n) is 5.34. The van der Waals surface area contributed by atoms with E-state index in [0.29, 0.717) is 17.2 Å².